The summed E-state index contributed by atoms with van der Waals surface area (Å²) in [5, 5.41) is 1.30. The van der Waals surface area contributed by atoms with Crippen molar-refractivity contribution in [1.29, 1.82) is 0 Å². The number of likely N-dealkylation sites (N-methyl/N-ethyl adjacent to an activating group) is 1. The number of hydrogen-bond donors (Lipinski definition) is 0. The Balaban J connectivity index is 2.26. The molecular formula is C12H20N2S. The molecule has 0 aliphatic carbocycles. The molecule has 2 rings (SSSR count). The van der Waals surface area contributed by atoms with E-state index in [0.717, 1.165) is 19.5 Å². The van der Waals surface area contributed by atoms with Gasteiger partial charge in [0.2, 0.25) is 0 Å². The van der Waals surface area contributed by atoms with E-state index in [9.17, 15) is 0 Å². The van der Waals surface area contributed by atoms with Crippen LogP contribution in [0.2, 0.25) is 0 Å². The highest BCUT2D eigenvalue weighted by Crippen LogP contribution is 2.32. The highest BCUT2D eigenvalue weighted by atomic mass is 32.1. The van der Waals surface area contributed by atoms with E-state index in [2.05, 4.69) is 32.6 Å². The zero-order valence-corrected chi connectivity index (χ0v) is 10.9. The van der Waals surface area contributed by atoms with E-state index >= 15 is 0 Å². The van der Waals surface area contributed by atoms with Crippen molar-refractivity contribution < 1.29 is 0 Å². The predicted molar refractivity (Wildman–Crippen MR) is 65.5 cm³/mol. The minimum absolute atomic E-state index is 0.207. The Hall–Kier alpha value is -0.410. The summed E-state index contributed by atoms with van der Waals surface area (Å²) >= 11 is 1.91. The Bertz CT molecular complexity index is 349. The number of thiazole rings is 1. The average Bonchev–Trinajstić information content (AvgIpc) is 2.59. The third kappa shape index (κ3) is 2.23. The summed E-state index contributed by atoms with van der Waals surface area (Å²) < 4.78 is 0. The van der Waals surface area contributed by atoms with Crippen molar-refractivity contribution >= 4 is 11.3 Å². The van der Waals surface area contributed by atoms with Gasteiger partial charge in [0, 0.05) is 29.8 Å². The van der Waals surface area contributed by atoms with Gasteiger partial charge in [-0.1, -0.05) is 27.7 Å². The van der Waals surface area contributed by atoms with Gasteiger partial charge in [-0.2, -0.15) is 0 Å². The molecule has 0 fully saturated rings. The number of fused-ring (bicyclic) bond motifs is 1. The van der Waals surface area contributed by atoms with Crippen LogP contribution in [0.1, 0.15) is 43.3 Å². The molecule has 0 aromatic carbocycles. The van der Waals surface area contributed by atoms with E-state index in [-0.39, 0.29) is 5.41 Å². The SMILES string of the molecule is CCN1CCc2nc(C(C)(C)C)sc2C1. The third-order valence-electron chi connectivity index (χ3n) is 2.90. The van der Waals surface area contributed by atoms with E-state index in [1.54, 1.807) is 0 Å². The molecule has 1 aliphatic rings. The monoisotopic (exact) mass is 224 g/mol. The van der Waals surface area contributed by atoms with E-state index < -0.39 is 0 Å². The van der Waals surface area contributed by atoms with Gasteiger partial charge in [-0.15, -0.1) is 11.3 Å². The predicted octanol–water partition coefficient (Wildman–Crippen LogP) is 2.82. The van der Waals surface area contributed by atoms with Gasteiger partial charge in [-0.05, 0) is 6.54 Å². The second kappa shape index (κ2) is 3.87. The van der Waals surface area contributed by atoms with E-state index in [4.69, 9.17) is 4.98 Å². The van der Waals surface area contributed by atoms with Crippen LogP contribution in [-0.4, -0.2) is 23.0 Å². The van der Waals surface area contributed by atoms with Gasteiger partial charge >= 0.3 is 0 Å². The first-order valence-corrected chi connectivity index (χ1v) is 6.53. The molecule has 0 N–H and O–H groups in total. The van der Waals surface area contributed by atoms with Gasteiger partial charge < -0.3 is 0 Å². The highest BCUT2D eigenvalue weighted by molar-refractivity contribution is 7.11. The summed E-state index contributed by atoms with van der Waals surface area (Å²) in [6.07, 6.45) is 1.13. The summed E-state index contributed by atoms with van der Waals surface area (Å²) in [7, 11) is 0. The Morgan fingerprint density at radius 2 is 2.13 bits per heavy atom. The standard InChI is InChI=1S/C12H20N2S/c1-5-14-7-6-9-10(8-14)15-11(13-9)12(2,3)4/h5-8H2,1-4H3. The summed E-state index contributed by atoms with van der Waals surface area (Å²) in [5.41, 5.74) is 1.56. The fourth-order valence-electron chi connectivity index (χ4n) is 1.84. The fraction of sp³-hybridized carbons (Fsp3) is 0.750. The van der Waals surface area contributed by atoms with Crippen LogP contribution < -0.4 is 0 Å². The summed E-state index contributed by atoms with van der Waals surface area (Å²) in [6.45, 7) is 12.4. The van der Waals surface area contributed by atoms with Gasteiger partial charge in [0.1, 0.15) is 0 Å². The van der Waals surface area contributed by atoms with Crippen LogP contribution >= 0.6 is 11.3 Å². The molecule has 1 aromatic heterocycles. The molecule has 0 spiro atoms. The summed E-state index contributed by atoms with van der Waals surface area (Å²) in [4.78, 5) is 8.77. The molecule has 0 bridgehead atoms. The lowest BCUT2D eigenvalue weighted by Crippen LogP contribution is -2.29. The zero-order chi connectivity index (χ0) is 11.1. The van der Waals surface area contributed by atoms with Crippen LogP contribution in [0.25, 0.3) is 0 Å². The minimum atomic E-state index is 0.207. The quantitative estimate of drug-likeness (QED) is 0.729. The maximum atomic E-state index is 4.78. The van der Waals surface area contributed by atoms with Crippen LogP contribution in [0.5, 0.6) is 0 Å². The molecule has 0 saturated carbocycles. The van der Waals surface area contributed by atoms with Gasteiger partial charge in [0.15, 0.2) is 0 Å². The number of aromatic nitrogens is 1. The molecule has 2 nitrogen and oxygen atoms in total. The van der Waals surface area contributed by atoms with Gasteiger partial charge in [-0.25, -0.2) is 4.98 Å². The molecule has 0 saturated heterocycles. The van der Waals surface area contributed by atoms with Crippen molar-refractivity contribution in [2.24, 2.45) is 0 Å². The second-order valence-corrected chi connectivity index (χ2v) is 6.34. The van der Waals surface area contributed by atoms with Crippen LogP contribution in [0.4, 0.5) is 0 Å². The Kier molecular flexibility index (Phi) is 2.86. The lowest BCUT2D eigenvalue weighted by atomic mass is 9.98. The molecule has 1 aliphatic heterocycles. The molecule has 1 aromatic rings. The molecule has 0 unspecified atom stereocenters. The smallest absolute Gasteiger partial charge is 0.0985 e. The largest absolute Gasteiger partial charge is 0.298 e. The van der Waals surface area contributed by atoms with Gasteiger partial charge in [0.25, 0.3) is 0 Å². The van der Waals surface area contributed by atoms with Gasteiger partial charge in [0.05, 0.1) is 10.7 Å². The first-order valence-electron chi connectivity index (χ1n) is 5.72. The maximum Gasteiger partial charge on any atom is 0.0985 e. The summed E-state index contributed by atoms with van der Waals surface area (Å²) in [6, 6.07) is 0. The number of hydrogen-bond acceptors (Lipinski definition) is 3. The fourth-order valence-corrected chi connectivity index (χ4v) is 3.05. The third-order valence-corrected chi connectivity index (χ3v) is 4.41. The van der Waals surface area contributed by atoms with Crippen LogP contribution in [0.15, 0.2) is 0 Å². The molecule has 84 valence electrons. The molecule has 3 heteroatoms. The average molecular weight is 224 g/mol. The van der Waals surface area contributed by atoms with Crippen molar-refractivity contribution in [3.05, 3.63) is 15.6 Å². The molecule has 15 heavy (non-hydrogen) atoms. The van der Waals surface area contributed by atoms with Crippen molar-refractivity contribution in [1.82, 2.24) is 9.88 Å². The van der Waals surface area contributed by atoms with Crippen molar-refractivity contribution in [3.8, 4) is 0 Å². The van der Waals surface area contributed by atoms with Crippen molar-refractivity contribution in [3.63, 3.8) is 0 Å². The number of rotatable bonds is 1. The van der Waals surface area contributed by atoms with Crippen LogP contribution in [0.3, 0.4) is 0 Å². The van der Waals surface area contributed by atoms with Crippen molar-refractivity contribution in [2.45, 2.75) is 46.1 Å². The molecular weight excluding hydrogens is 204 g/mol. The Morgan fingerprint density at radius 3 is 2.73 bits per heavy atom. The number of nitrogens with zero attached hydrogens (tertiary/aromatic N) is 2. The molecule has 0 radical (unpaired) electrons. The zero-order valence-electron chi connectivity index (χ0n) is 10.1. The van der Waals surface area contributed by atoms with Gasteiger partial charge in [-0.3, -0.25) is 4.90 Å². The molecule has 0 atom stereocenters. The van der Waals surface area contributed by atoms with Crippen LogP contribution in [-0.2, 0) is 18.4 Å². The Labute approximate surface area is 96.3 Å². The highest BCUT2D eigenvalue weighted by Gasteiger charge is 2.24. The maximum absolute atomic E-state index is 4.78. The molecule has 2 heterocycles. The van der Waals surface area contributed by atoms with E-state index in [1.165, 1.54) is 22.1 Å². The first kappa shape index (κ1) is 11.1. The minimum Gasteiger partial charge on any atom is -0.298 e. The normalized spacial score (nSPS) is 17.9. The van der Waals surface area contributed by atoms with E-state index in [0.29, 0.717) is 0 Å². The first-order chi connectivity index (χ1) is 7.00. The van der Waals surface area contributed by atoms with Crippen molar-refractivity contribution in [2.75, 3.05) is 13.1 Å². The van der Waals surface area contributed by atoms with Crippen LogP contribution in [0, 0.1) is 0 Å². The Morgan fingerprint density at radius 1 is 1.40 bits per heavy atom. The lowest BCUT2D eigenvalue weighted by molar-refractivity contribution is 0.269. The molecule has 0 amide bonds. The summed E-state index contributed by atoms with van der Waals surface area (Å²) in [5.74, 6) is 0. The topological polar surface area (TPSA) is 16.1 Å². The second-order valence-electron chi connectivity index (χ2n) is 5.26. The van der Waals surface area contributed by atoms with E-state index in [1.807, 2.05) is 11.3 Å². The lowest BCUT2D eigenvalue weighted by Gasteiger charge is -2.23.